The van der Waals surface area contributed by atoms with Crippen LogP contribution in [-0.4, -0.2) is 39.0 Å². The zero-order valence-electron chi connectivity index (χ0n) is 12.3. The van der Waals surface area contributed by atoms with Crippen LogP contribution in [0.4, 0.5) is 5.69 Å². The van der Waals surface area contributed by atoms with Gasteiger partial charge in [0.2, 0.25) is 5.91 Å². The van der Waals surface area contributed by atoms with E-state index >= 15 is 0 Å². The predicted molar refractivity (Wildman–Crippen MR) is 82.7 cm³/mol. The molecule has 0 bridgehead atoms. The van der Waals surface area contributed by atoms with Gasteiger partial charge < -0.3 is 15.8 Å². The van der Waals surface area contributed by atoms with Crippen molar-refractivity contribution < 1.29 is 17.9 Å². The van der Waals surface area contributed by atoms with Crippen LogP contribution < -0.4 is 11.1 Å². The van der Waals surface area contributed by atoms with Crippen LogP contribution in [0.1, 0.15) is 18.9 Å². The van der Waals surface area contributed by atoms with Gasteiger partial charge in [-0.05, 0) is 19.4 Å². The van der Waals surface area contributed by atoms with E-state index in [1.54, 1.807) is 12.1 Å². The fraction of sp³-hybridized carbons (Fsp3) is 0.500. The summed E-state index contributed by atoms with van der Waals surface area (Å²) >= 11 is 0. The van der Waals surface area contributed by atoms with Crippen molar-refractivity contribution in [2.45, 2.75) is 26.0 Å². The summed E-state index contributed by atoms with van der Waals surface area (Å²) in [5, 5.41) is 2.72. The monoisotopic (exact) mass is 314 g/mol. The molecule has 3 N–H and O–H groups in total. The molecule has 0 aliphatic carbocycles. The minimum absolute atomic E-state index is 0.0955. The van der Waals surface area contributed by atoms with Crippen LogP contribution in [0, 0.1) is 0 Å². The molecule has 1 amide bonds. The SMILES string of the molecule is CCOCc1ccccc1NC(=O)C(N)CCS(C)(=O)=O. The van der Waals surface area contributed by atoms with Crippen molar-refractivity contribution in [3.8, 4) is 0 Å². The van der Waals surface area contributed by atoms with E-state index in [-0.39, 0.29) is 12.2 Å². The molecule has 0 spiro atoms. The lowest BCUT2D eigenvalue weighted by atomic mass is 10.1. The number of nitrogens with two attached hydrogens (primary N) is 1. The number of carbonyl (C=O) groups is 1. The van der Waals surface area contributed by atoms with E-state index in [1.165, 1.54) is 0 Å². The lowest BCUT2D eigenvalue weighted by molar-refractivity contribution is -0.117. The number of hydrogen-bond donors (Lipinski definition) is 2. The summed E-state index contributed by atoms with van der Waals surface area (Å²) in [6.07, 6.45) is 1.22. The number of benzene rings is 1. The Morgan fingerprint density at radius 1 is 1.38 bits per heavy atom. The first-order chi connectivity index (χ1) is 9.83. The van der Waals surface area contributed by atoms with Gasteiger partial charge in [-0.3, -0.25) is 4.79 Å². The van der Waals surface area contributed by atoms with Crippen LogP contribution in [0.5, 0.6) is 0 Å². The zero-order chi connectivity index (χ0) is 15.9. The first-order valence-corrected chi connectivity index (χ1v) is 8.79. The molecule has 0 aliphatic rings. The predicted octanol–water partition coefficient (Wildman–Crippen LogP) is 0.924. The Bertz CT molecular complexity index is 572. The van der Waals surface area contributed by atoms with Crippen LogP contribution in [0.3, 0.4) is 0 Å². The van der Waals surface area contributed by atoms with E-state index in [9.17, 15) is 13.2 Å². The van der Waals surface area contributed by atoms with Crippen molar-refractivity contribution in [1.29, 1.82) is 0 Å². The molecule has 1 rings (SSSR count). The fourth-order valence-corrected chi connectivity index (χ4v) is 2.36. The largest absolute Gasteiger partial charge is 0.377 e. The fourth-order valence-electron chi connectivity index (χ4n) is 1.68. The molecule has 0 saturated carbocycles. The van der Waals surface area contributed by atoms with Crippen molar-refractivity contribution in [3.63, 3.8) is 0 Å². The number of rotatable bonds is 8. The summed E-state index contributed by atoms with van der Waals surface area (Å²) in [4.78, 5) is 12.0. The third-order valence-electron chi connectivity index (χ3n) is 2.87. The Morgan fingerprint density at radius 2 is 2.05 bits per heavy atom. The molecule has 6 nitrogen and oxygen atoms in total. The minimum atomic E-state index is -3.13. The van der Waals surface area contributed by atoms with Gasteiger partial charge in [-0.2, -0.15) is 0 Å². The Kier molecular flexibility index (Phi) is 6.80. The van der Waals surface area contributed by atoms with Gasteiger partial charge in [-0.25, -0.2) is 8.42 Å². The number of amides is 1. The standard InChI is InChI=1S/C14H22N2O4S/c1-3-20-10-11-6-4-5-7-13(11)16-14(17)12(15)8-9-21(2,18)19/h4-7,12H,3,8-10,15H2,1-2H3,(H,16,17). The van der Waals surface area contributed by atoms with Crippen LogP contribution in [0.2, 0.25) is 0 Å². The molecule has 1 aromatic carbocycles. The van der Waals surface area contributed by atoms with Gasteiger partial charge in [0.1, 0.15) is 9.84 Å². The maximum absolute atomic E-state index is 12.0. The maximum Gasteiger partial charge on any atom is 0.241 e. The third-order valence-corrected chi connectivity index (χ3v) is 3.85. The van der Waals surface area contributed by atoms with Crippen LogP contribution >= 0.6 is 0 Å². The van der Waals surface area contributed by atoms with Crippen molar-refractivity contribution in [2.24, 2.45) is 5.73 Å². The second-order valence-electron chi connectivity index (χ2n) is 4.81. The Balaban J connectivity index is 2.65. The summed E-state index contributed by atoms with van der Waals surface area (Å²) in [6, 6.07) is 6.41. The molecule has 0 saturated heterocycles. The summed E-state index contributed by atoms with van der Waals surface area (Å²) in [5.41, 5.74) is 7.20. The van der Waals surface area contributed by atoms with E-state index in [4.69, 9.17) is 10.5 Å². The number of anilines is 1. The average molecular weight is 314 g/mol. The lowest BCUT2D eigenvalue weighted by Crippen LogP contribution is -2.37. The van der Waals surface area contributed by atoms with Gasteiger partial charge in [-0.1, -0.05) is 18.2 Å². The highest BCUT2D eigenvalue weighted by Crippen LogP contribution is 2.16. The molecule has 1 atom stereocenters. The van der Waals surface area contributed by atoms with Gasteiger partial charge in [0.15, 0.2) is 0 Å². The second-order valence-corrected chi connectivity index (χ2v) is 7.07. The maximum atomic E-state index is 12.0. The molecule has 7 heteroatoms. The molecule has 0 aliphatic heterocycles. The summed E-state index contributed by atoms with van der Waals surface area (Å²) in [7, 11) is -3.13. The van der Waals surface area contributed by atoms with Gasteiger partial charge >= 0.3 is 0 Å². The average Bonchev–Trinajstić information content (AvgIpc) is 2.43. The topological polar surface area (TPSA) is 98.5 Å². The Hall–Kier alpha value is -1.44. The Morgan fingerprint density at radius 3 is 2.67 bits per heavy atom. The van der Waals surface area contributed by atoms with Gasteiger partial charge in [0, 0.05) is 24.1 Å². The summed E-state index contributed by atoms with van der Waals surface area (Å²) in [6.45, 7) is 2.87. The lowest BCUT2D eigenvalue weighted by Gasteiger charge is -2.14. The molecule has 1 unspecified atom stereocenters. The van der Waals surface area contributed by atoms with Crippen molar-refractivity contribution in [3.05, 3.63) is 29.8 Å². The molecule has 0 heterocycles. The summed E-state index contributed by atoms with van der Waals surface area (Å²) in [5.74, 6) is -0.509. The molecule has 0 aromatic heterocycles. The number of nitrogens with one attached hydrogen (secondary N) is 1. The number of ether oxygens (including phenoxy) is 1. The first kappa shape index (κ1) is 17.6. The first-order valence-electron chi connectivity index (χ1n) is 6.73. The van der Waals surface area contributed by atoms with Crippen molar-refractivity contribution >= 4 is 21.4 Å². The van der Waals surface area contributed by atoms with Crippen molar-refractivity contribution in [1.82, 2.24) is 0 Å². The number of carbonyl (C=O) groups excluding carboxylic acids is 1. The molecular formula is C14H22N2O4S. The zero-order valence-corrected chi connectivity index (χ0v) is 13.2. The Labute approximate surface area is 125 Å². The van der Waals surface area contributed by atoms with Crippen LogP contribution in [0.15, 0.2) is 24.3 Å². The second kappa shape index (κ2) is 8.11. The molecular weight excluding hydrogens is 292 g/mol. The molecule has 0 radical (unpaired) electrons. The number of hydrogen-bond acceptors (Lipinski definition) is 5. The van der Waals surface area contributed by atoms with Crippen LogP contribution in [-0.2, 0) is 26.0 Å². The highest BCUT2D eigenvalue weighted by Gasteiger charge is 2.17. The van der Waals surface area contributed by atoms with Crippen molar-refractivity contribution in [2.75, 3.05) is 23.9 Å². The highest BCUT2D eigenvalue weighted by molar-refractivity contribution is 7.90. The van der Waals surface area contributed by atoms with Gasteiger partial charge in [0.05, 0.1) is 18.4 Å². The van der Waals surface area contributed by atoms with E-state index in [0.717, 1.165) is 11.8 Å². The normalized spacial score (nSPS) is 12.9. The third kappa shape index (κ3) is 6.70. The van der Waals surface area contributed by atoms with E-state index < -0.39 is 21.8 Å². The van der Waals surface area contributed by atoms with E-state index in [1.807, 2.05) is 19.1 Å². The van der Waals surface area contributed by atoms with E-state index in [0.29, 0.717) is 18.9 Å². The van der Waals surface area contributed by atoms with E-state index in [2.05, 4.69) is 5.32 Å². The van der Waals surface area contributed by atoms with Crippen LogP contribution in [0.25, 0.3) is 0 Å². The van der Waals surface area contributed by atoms with Gasteiger partial charge in [0.25, 0.3) is 0 Å². The smallest absolute Gasteiger partial charge is 0.241 e. The quantitative estimate of drug-likeness (QED) is 0.743. The number of sulfone groups is 1. The number of para-hydroxylation sites is 1. The molecule has 118 valence electrons. The summed E-state index contributed by atoms with van der Waals surface area (Å²) < 4.78 is 27.5. The molecule has 1 aromatic rings. The molecule has 21 heavy (non-hydrogen) atoms. The highest BCUT2D eigenvalue weighted by atomic mass is 32.2. The van der Waals surface area contributed by atoms with Gasteiger partial charge in [-0.15, -0.1) is 0 Å². The molecule has 0 fully saturated rings. The minimum Gasteiger partial charge on any atom is -0.377 e.